The number of benzene rings is 2. The minimum Gasteiger partial charge on any atom is -0.481 e. The van der Waals surface area contributed by atoms with Gasteiger partial charge < -0.3 is 15.4 Å². The number of hydrogen-bond donors (Lipinski definition) is 2. The number of anilines is 3. The molecule has 1 heterocycles. The van der Waals surface area contributed by atoms with E-state index in [2.05, 4.69) is 15.6 Å². The van der Waals surface area contributed by atoms with Crippen molar-refractivity contribution < 1.29 is 13.9 Å². The summed E-state index contributed by atoms with van der Waals surface area (Å²) in [5, 5.41) is 6.57. The Balaban J connectivity index is 1.97. The van der Waals surface area contributed by atoms with Gasteiger partial charge >= 0.3 is 0 Å². The van der Waals surface area contributed by atoms with Crippen LogP contribution in [0.5, 0.6) is 5.88 Å². The maximum Gasteiger partial charge on any atom is 0.258 e. The molecule has 0 spiro atoms. The van der Waals surface area contributed by atoms with E-state index in [9.17, 15) is 9.18 Å². The largest absolute Gasteiger partial charge is 0.481 e. The standard InChI is InChI=1S/C22H21ClFN3O2/c1-12-11-15(24)5-7-17(12)26-19-8-6-16(23)13(2)21(19)22(28)27-18-9-10-20(29-4)25-14(18)3/h5-11,26H,1-4H3,(H,27,28). The van der Waals surface area contributed by atoms with Gasteiger partial charge in [-0.25, -0.2) is 9.37 Å². The average Bonchev–Trinajstić information content (AvgIpc) is 2.68. The Labute approximate surface area is 173 Å². The van der Waals surface area contributed by atoms with Crippen molar-refractivity contribution >= 4 is 34.6 Å². The molecule has 0 fully saturated rings. The number of aromatic nitrogens is 1. The summed E-state index contributed by atoms with van der Waals surface area (Å²) in [5.41, 5.74) is 4.21. The van der Waals surface area contributed by atoms with E-state index in [1.807, 2.05) is 0 Å². The molecule has 5 nitrogen and oxygen atoms in total. The quantitative estimate of drug-likeness (QED) is 0.554. The van der Waals surface area contributed by atoms with Crippen LogP contribution in [0.2, 0.25) is 5.02 Å². The molecule has 29 heavy (non-hydrogen) atoms. The number of methoxy groups -OCH3 is 1. The van der Waals surface area contributed by atoms with Gasteiger partial charge in [0.1, 0.15) is 5.82 Å². The zero-order valence-electron chi connectivity index (χ0n) is 16.6. The van der Waals surface area contributed by atoms with E-state index in [4.69, 9.17) is 16.3 Å². The lowest BCUT2D eigenvalue weighted by molar-refractivity contribution is 0.102. The molecule has 0 aliphatic rings. The molecule has 3 aromatic rings. The fourth-order valence-electron chi connectivity index (χ4n) is 2.96. The highest BCUT2D eigenvalue weighted by Crippen LogP contribution is 2.31. The Bertz CT molecular complexity index is 1090. The van der Waals surface area contributed by atoms with Crippen LogP contribution in [0.1, 0.15) is 27.2 Å². The van der Waals surface area contributed by atoms with Crippen molar-refractivity contribution in [2.24, 2.45) is 0 Å². The lowest BCUT2D eigenvalue weighted by Crippen LogP contribution is -2.17. The van der Waals surface area contributed by atoms with Crippen LogP contribution in [0.15, 0.2) is 42.5 Å². The van der Waals surface area contributed by atoms with Crippen molar-refractivity contribution in [3.05, 3.63) is 75.7 Å². The first kappa shape index (κ1) is 20.6. The second kappa shape index (κ2) is 8.49. The van der Waals surface area contributed by atoms with Crippen LogP contribution in [-0.4, -0.2) is 18.0 Å². The predicted octanol–water partition coefficient (Wildman–Crippen LogP) is 5.80. The minimum absolute atomic E-state index is 0.319. The molecule has 150 valence electrons. The molecule has 1 amide bonds. The molecule has 0 atom stereocenters. The fraction of sp³-hybridized carbons (Fsp3) is 0.182. The van der Waals surface area contributed by atoms with Crippen LogP contribution >= 0.6 is 11.6 Å². The second-order valence-electron chi connectivity index (χ2n) is 6.62. The third-order valence-electron chi connectivity index (χ3n) is 4.60. The Morgan fingerprint density at radius 3 is 2.38 bits per heavy atom. The second-order valence-corrected chi connectivity index (χ2v) is 7.03. The number of ether oxygens (including phenoxy) is 1. The van der Waals surface area contributed by atoms with Crippen molar-refractivity contribution in [2.45, 2.75) is 20.8 Å². The molecular formula is C22H21ClFN3O2. The predicted molar refractivity (Wildman–Crippen MR) is 114 cm³/mol. The monoisotopic (exact) mass is 413 g/mol. The van der Waals surface area contributed by atoms with E-state index >= 15 is 0 Å². The first-order valence-electron chi connectivity index (χ1n) is 8.95. The third-order valence-corrected chi connectivity index (χ3v) is 5.01. The van der Waals surface area contributed by atoms with Crippen LogP contribution in [0.4, 0.5) is 21.5 Å². The molecule has 0 aliphatic heterocycles. The van der Waals surface area contributed by atoms with Gasteiger partial charge in [-0.15, -0.1) is 0 Å². The third kappa shape index (κ3) is 4.49. The lowest BCUT2D eigenvalue weighted by Gasteiger charge is -2.17. The van der Waals surface area contributed by atoms with Crippen molar-refractivity contribution in [2.75, 3.05) is 17.7 Å². The molecule has 0 saturated carbocycles. The number of nitrogens with one attached hydrogen (secondary N) is 2. The van der Waals surface area contributed by atoms with E-state index in [0.717, 1.165) is 5.56 Å². The number of amides is 1. The number of aryl methyl sites for hydroxylation is 2. The minimum atomic E-state index is -0.331. The molecule has 0 radical (unpaired) electrons. The zero-order chi connectivity index (χ0) is 21.1. The smallest absolute Gasteiger partial charge is 0.258 e. The summed E-state index contributed by atoms with van der Waals surface area (Å²) in [6, 6.07) is 11.3. The molecular weight excluding hydrogens is 393 g/mol. The summed E-state index contributed by atoms with van der Waals surface area (Å²) in [4.78, 5) is 17.4. The molecule has 3 rings (SSSR count). The highest BCUT2D eigenvalue weighted by atomic mass is 35.5. The molecule has 0 bridgehead atoms. The Morgan fingerprint density at radius 2 is 1.72 bits per heavy atom. The van der Waals surface area contributed by atoms with Crippen molar-refractivity contribution in [3.63, 3.8) is 0 Å². The summed E-state index contributed by atoms with van der Waals surface area (Å²) < 4.78 is 18.5. The highest BCUT2D eigenvalue weighted by Gasteiger charge is 2.19. The number of carbonyl (C=O) groups is 1. The molecule has 7 heteroatoms. The summed E-state index contributed by atoms with van der Waals surface area (Å²) >= 11 is 6.27. The van der Waals surface area contributed by atoms with Gasteiger partial charge in [-0.2, -0.15) is 0 Å². The van der Waals surface area contributed by atoms with Crippen LogP contribution in [0.3, 0.4) is 0 Å². The van der Waals surface area contributed by atoms with Crippen LogP contribution in [0.25, 0.3) is 0 Å². The summed E-state index contributed by atoms with van der Waals surface area (Å²) in [5.74, 6) is -0.184. The summed E-state index contributed by atoms with van der Waals surface area (Å²) in [6.45, 7) is 5.35. The fourth-order valence-corrected chi connectivity index (χ4v) is 3.12. The molecule has 0 unspecified atom stereocenters. The molecule has 0 saturated heterocycles. The van der Waals surface area contributed by atoms with Gasteiger partial charge in [0.25, 0.3) is 5.91 Å². The maximum absolute atomic E-state index is 13.4. The van der Waals surface area contributed by atoms with Crippen LogP contribution < -0.4 is 15.4 Å². The van der Waals surface area contributed by atoms with Gasteiger partial charge in [0.15, 0.2) is 0 Å². The topological polar surface area (TPSA) is 63.2 Å². The van der Waals surface area contributed by atoms with Crippen molar-refractivity contribution in [1.29, 1.82) is 0 Å². The Hall–Kier alpha value is -3.12. The summed E-state index contributed by atoms with van der Waals surface area (Å²) in [7, 11) is 1.53. The zero-order valence-corrected chi connectivity index (χ0v) is 17.3. The van der Waals surface area contributed by atoms with Crippen LogP contribution in [0, 0.1) is 26.6 Å². The number of halogens is 2. The highest BCUT2D eigenvalue weighted by molar-refractivity contribution is 6.32. The van der Waals surface area contributed by atoms with Crippen molar-refractivity contribution in [1.82, 2.24) is 4.98 Å². The number of pyridine rings is 1. The Morgan fingerprint density at radius 1 is 1.03 bits per heavy atom. The molecule has 2 aromatic carbocycles. The van der Waals surface area contributed by atoms with E-state index in [-0.39, 0.29) is 11.7 Å². The first-order chi connectivity index (χ1) is 13.8. The van der Waals surface area contributed by atoms with E-state index in [1.54, 1.807) is 51.1 Å². The number of carbonyl (C=O) groups excluding carboxylic acids is 1. The summed E-state index contributed by atoms with van der Waals surface area (Å²) in [6.07, 6.45) is 0. The maximum atomic E-state index is 13.4. The normalized spacial score (nSPS) is 10.6. The van der Waals surface area contributed by atoms with Gasteiger partial charge in [-0.3, -0.25) is 4.79 Å². The number of rotatable bonds is 5. The van der Waals surface area contributed by atoms with Crippen LogP contribution in [-0.2, 0) is 0 Å². The van der Waals surface area contributed by atoms with Gasteiger partial charge in [0.05, 0.1) is 29.7 Å². The van der Waals surface area contributed by atoms with Gasteiger partial charge in [-0.05, 0) is 68.3 Å². The average molecular weight is 414 g/mol. The number of hydrogen-bond acceptors (Lipinski definition) is 4. The number of nitrogens with zero attached hydrogens (tertiary/aromatic N) is 1. The van der Waals surface area contributed by atoms with Crippen molar-refractivity contribution in [3.8, 4) is 5.88 Å². The first-order valence-corrected chi connectivity index (χ1v) is 9.33. The van der Waals surface area contributed by atoms with Gasteiger partial charge in [0.2, 0.25) is 5.88 Å². The van der Waals surface area contributed by atoms with Gasteiger partial charge in [-0.1, -0.05) is 11.6 Å². The lowest BCUT2D eigenvalue weighted by atomic mass is 10.0. The molecule has 0 aliphatic carbocycles. The Kier molecular flexibility index (Phi) is 6.03. The molecule has 1 aromatic heterocycles. The van der Waals surface area contributed by atoms with E-state index in [1.165, 1.54) is 19.2 Å². The van der Waals surface area contributed by atoms with Gasteiger partial charge in [0, 0.05) is 16.8 Å². The molecule has 2 N–H and O–H groups in total. The van der Waals surface area contributed by atoms with E-state index in [0.29, 0.717) is 44.8 Å². The van der Waals surface area contributed by atoms with E-state index < -0.39 is 0 Å². The SMILES string of the molecule is COc1ccc(NC(=O)c2c(Nc3ccc(F)cc3C)ccc(Cl)c2C)c(C)n1.